The van der Waals surface area contributed by atoms with E-state index in [1.165, 1.54) is 37.5 Å². The van der Waals surface area contributed by atoms with Gasteiger partial charge in [0, 0.05) is 56.9 Å². The number of piperazine rings is 1. The molecule has 2 heterocycles. The van der Waals surface area contributed by atoms with E-state index in [9.17, 15) is 14.4 Å². The predicted octanol–water partition coefficient (Wildman–Crippen LogP) is 7.46. The van der Waals surface area contributed by atoms with Crippen molar-refractivity contribution < 1.29 is 32.9 Å². The van der Waals surface area contributed by atoms with E-state index in [1.807, 2.05) is 23.1 Å². The summed E-state index contributed by atoms with van der Waals surface area (Å²) < 4.78 is 41.9. The summed E-state index contributed by atoms with van der Waals surface area (Å²) >= 11 is 0. The first-order valence-corrected chi connectivity index (χ1v) is 17.6. The van der Waals surface area contributed by atoms with Gasteiger partial charge in [-0.1, -0.05) is 42.5 Å². The lowest BCUT2D eigenvalue weighted by atomic mass is 10.1. The quantitative estimate of drug-likeness (QED) is 0.102. The second kappa shape index (κ2) is 18.4. The summed E-state index contributed by atoms with van der Waals surface area (Å²) in [5.41, 5.74) is 4.44. The molecular formula is C43H41FN4O6. The molecule has 0 aliphatic carbocycles. The Morgan fingerprint density at radius 3 is 2.20 bits per heavy atom. The largest absolute Gasteiger partial charge is 0.493 e. The SMILES string of the molecule is COc1cc(C=CC(=O)N2CCN(Cc3ccc(CCOc4ccc(F)cc4)cc3)CC2)cc(OC)c1Oc1ccc(OCc2ccccc2C#N)cn1. The van der Waals surface area contributed by atoms with Crippen LogP contribution in [0, 0.1) is 17.1 Å². The van der Waals surface area contributed by atoms with Crippen LogP contribution in [0.3, 0.4) is 0 Å². The Labute approximate surface area is 314 Å². The molecule has 0 atom stereocenters. The molecule has 1 aliphatic rings. The third-order valence-electron chi connectivity index (χ3n) is 8.94. The number of benzene rings is 4. The van der Waals surface area contributed by atoms with Gasteiger partial charge in [0.1, 0.15) is 23.9 Å². The molecule has 0 saturated carbocycles. The average molecular weight is 729 g/mol. The first-order valence-electron chi connectivity index (χ1n) is 17.6. The Balaban J connectivity index is 0.974. The number of nitrogens with zero attached hydrogens (tertiary/aromatic N) is 4. The molecule has 54 heavy (non-hydrogen) atoms. The highest BCUT2D eigenvalue weighted by Crippen LogP contribution is 2.41. The lowest BCUT2D eigenvalue weighted by Crippen LogP contribution is -2.47. The minimum absolute atomic E-state index is 0.0669. The number of carbonyl (C=O) groups excluding carboxylic acids is 1. The van der Waals surface area contributed by atoms with Crippen LogP contribution in [0.25, 0.3) is 6.08 Å². The van der Waals surface area contributed by atoms with Crippen molar-refractivity contribution in [2.45, 2.75) is 19.6 Å². The Morgan fingerprint density at radius 2 is 1.54 bits per heavy atom. The van der Waals surface area contributed by atoms with Crippen molar-refractivity contribution in [3.05, 3.63) is 143 Å². The molecule has 6 rings (SSSR count). The van der Waals surface area contributed by atoms with E-state index < -0.39 is 0 Å². The van der Waals surface area contributed by atoms with E-state index >= 15 is 0 Å². The van der Waals surface area contributed by atoms with Crippen molar-refractivity contribution >= 4 is 12.0 Å². The number of amides is 1. The number of hydrogen-bond donors (Lipinski definition) is 0. The molecule has 0 N–H and O–H groups in total. The zero-order chi connectivity index (χ0) is 37.7. The second-order valence-electron chi connectivity index (χ2n) is 12.6. The second-order valence-corrected chi connectivity index (χ2v) is 12.6. The number of ether oxygens (including phenoxy) is 5. The van der Waals surface area contributed by atoms with Gasteiger partial charge in [0.15, 0.2) is 11.5 Å². The predicted molar refractivity (Wildman–Crippen MR) is 202 cm³/mol. The van der Waals surface area contributed by atoms with E-state index in [-0.39, 0.29) is 18.3 Å². The molecule has 0 spiro atoms. The summed E-state index contributed by atoms with van der Waals surface area (Å²) in [5, 5.41) is 9.31. The first kappa shape index (κ1) is 37.4. The van der Waals surface area contributed by atoms with E-state index in [4.69, 9.17) is 23.7 Å². The fourth-order valence-corrected chi connectivity index (χ4v) is 5.92. The summed E-state index contributed by atoms with van der Waals surface area (Å²) in [4.78, 5) is 21.7. The normalized spacial score (nSPS) is 13.0. The smallest absolute Gasteiger partial charge is 0.246 e. The molecule has 4 aromatic carbocycles. The van der Waals surface area contributed by atoms with Gasteiger partial charge in [-0.25, -0.2) is 9.37 Å². The molecule has 0 unspecified atom stereocenters. The third kappa shape index (κ3) is 10.1. The fourth-order valence-electron chi connectivity index (χ4n) is 5.92. The Bertz CT molecular complexity index is 2050. The molecule has 11 heteroatoms. The van der Waals surface area contributed by atoms with Crippen molar-refractivity contribution in [1.29, 1.82) is 5.26 Å². The van der Waals surface area contributed by atoms with Crippen LogP contribution in [0.1, 0.15) is 27.8 Å². The van der Waals surface area contributed by atoms with Gasteiger partial charge in [0.2, 0.25) is 17.5 Å². The van der Waals surface area contributed by atoms with Crippen LogP contribution in [-0.4, -0.2) is 67.7 Å². The lowest BCUT2D eigenvalue weighted by molar-refractivity contribution is -0.127. The van der Waals surface area contributed by atoms with E-state index in [0.29, 0.717) is 65.5 Å². The molecule has 1 fully saturated rings. The van der Waals surface area contributed by atoms with Crippen molar-refractivity contribution in [3.63, 3.8) is 0 Å². The summed E-state index contributed by atoms with van der Waals surface area (Å²) in [7, 11) is 3.06. The first-order chi connectivity index (χ1) is 26.4. The number of rotatable bonds is 15. The number of pyridine rings is 1. The van der Waals surface area contributed by atoms with Crippen LogP contribution in [-0.2, 0) is 24.4 Å². The minimum atomic E-state index is -0.279. The molecule has 276 valence electrons. The van der Waals surface area contributed by atoms with Crippen LogP contribution in [0.5, 0.6) is 34.6 Å². The van der Waals surface area contributed by atoms with E-state index in [2.05, 4.69) is 40.2 Å². The Morgan fingerprint density at radius 1 is 0.852 bits per heavy atom. The zero-order valence-electron chi connectivity index (χ0n) is 30.2. The topological polar surface area (TPSA) is 106 Å². The molecule has 10 nitrogen and oxygen atoms in total. The number of nitriles is 1. The van der Waals surface area contributed by atoms with Crippen LogP contribution < -0.4 is 23.7 Å². The number of aromatic nitrogens is 1. The zero-order valence-corrected chi connectivity index (χ0v) is 30.2. The molecule has 1 amide bonds. The van der Waals surface area contributed by atoms with Crippen LogP contribution in [0.15, 0.2) is 109 Å². The van der Waals surface area contributed by atoms with Gasteiger partial charge in [0.05, 0.1) is 38.7 Å². The van der Waals surface area contributed by atoms with E-state index in [0.717, 1.165) is 31.6 Å². The highest BCUT2D eigenvalue weighted by atomic mass is 19.1. The number of carbonyl (C=O) groups is 1. The third-order valence-corrected chi connectivity index (χ3v) is 8.94. The fraction of sp³-hybridized carbons (Fsp3) is 0.233. The molecule has 5 aromatic rings. The number of hydrogen-bond acceptors (Lipinski definition) is 9. The monoisotopic (exact) mass is 728 g/mol. The molecular weight excluding hydrogens is 687 g/mol. The number of methoxy groups -OCH3 is 2. The Kier molecular flexibility index (Phi) is 12.7. The molecule has 0 radical (unpaired) electrons. The standard InChI is InChI=1S/C43H41FN4O6/c1-50-39-25-33(26-40(51-2)43(39)54-41-17-16-38(28-46-41)53-30-35-6-4-3-5-34(35)27-45)11-18-42(49)48-22-20-47(21-23-48)29-32-9-7-31(8-10-32)19-24-52-37-14-12-36(44)13-15-37/h3-18,25-26,28H,19-24,29-30H2,1-2H3. The van der Waals surface area contributed by atoms with Crippen LogP contribution in [0.4, 0.5) is 4.39 Å². The highest BCUT2D eigenvalue weighted by Gasteiger charge is 2.20. The molecule has 1 aromatic heterocycles. The minimum Gasteiger partial charge on any atom is -0.493 e. The number of halogens is 1. The van der Waals surface area contributed by atoms with Gasteiger partial charge in [-0.3, -0.25) is 9.69 Å². The maximum atomic E-state index is 13.1. The summed E-state index contributed by atoms with van der Waals surface area (Å²) in [5.74, 6) is 2.30. The van der Waals surface area contributed by atoms with Gasteiger partial charge in [0.25, 0.3) is 0 Å². The summed E-state index contributed by atoms with van der Waals surface area (Å²) in [6, 6.07) is 30.9. The van der Waals surface area contributed by atoms with Crippen molar-refractivity contribution in [3.8, 4) is 40.7 Å². The van der Waals surface area contributed by atoms with Crippen molar-refractivity contribution in [2.24, 2.45) is 0 Å². The highest BCUT2D eigenvalue weighted by molar-refractivity contribution is 5.92. The maximum absolute atomic E-state index is 13.1. The summed E-state index contributed by atoms with van der Waals surface area (Å²) in [6.07, 6.45) is 5.61. The van der Waals surface area contributed by atoms with Gasteiger partial charge in [-0.15, -0.1) is 0 Å². The Hall–Kier alpha value is -6.38. The van der Waals surface area contributed by atoms with Crippen LogP contribution >= 0.6 is 0 Å². The van der Waals surface area contributed by atoms with E-state index in [1.54, 1.807) is 60.8 Å². The van der Waals surface area contributed by atoms with Crippen molar-refractivity contribution in [1.82, 2.24) is 14.8 Å². The van der Waals surface area contributed by atoms with Gasteiger partial charge < -0.3 is 28.6 Å². The van der Waals surface area contributed by atoms with Crippen LogP contribution in [0.2, 0.25) is 0 Å². The van der Waals surface area contributed by atoms with Gasteiger partial charge in [-0.2, -0.15) is 5.26 Å². The molecule has 1 aliphatic heterocycles. The summed E-state index contributed by atoms with van der Waals surface area (Å²) in [6.45, 7) is 4.37. The average Bonchev–Trinajstić information content (AvgIpc) is 3.21. The van der Waals surface area contributed by atoms with Crippen molar-refractivity contribution in [2.75, 3.05) is 47.0 Å². The lowest BCUT2D eigenvalue weighted by Gasteiger charge is -2.34. The molecule has 1 saturated heterocycles. The maximum Gasteiger partial charge on any atom is 0.246 e. The molecule has 0 bridgehead atoms. The van der Waals surface area contributed by atoms with Gasteiger partial charge >= 0.3 is 0 Å². The van der Waals surface area contributed by atoms with Gasteiger partial charge in [-0.05, 0) is 71.3 Å².